The summed E-state index contributed by atoms with van der Waals surface area (Å²) in [6, 6.07) is 32.5. The molecule has 0 aliphatic carbocycles. The number of aliphatic hydroxyl groups excluding tert-OH is 1. The molecule has 1 heterocycles. The van der Waals surface area contributed by atoms with Crippen molar-refractivity contribution in [1.29, 1.82) is 0 Å². The number of thioether (sulfide) groups is 1. The van der Waals surface area contributed by atoms with Crippen molar-refractivity contribution >= 4 is 23.4 Å². The van der Waals surface area contributed by atoms with E-state index in [9.17, 15) is 9.90 Å². The number of methoxy groups -OCH3 is 1. The van der Waals surface area contributed by atoms with E-state index in [2.05, 4.69) is 5.32 Å². The highest BCUT2D eigenvalue weighted by atomic mass is 32.2. The number of rotatable bonds is 9. The molecular weight excluding hydrogens is 510 g/mol. The van der Waals surface area contributed by atoms with Crippen molar-refractivity contribution in [2.24, 2.45) is 0 Å². The Bertz CT molecular complexity index is 1360. The van der Waals surface area contributed by atoms with Gasteiger partial charge in [-0.2, -0.15) is 0 Å². The van der Waals surface area contributed by atoms with Crippen LogP contribution in [0.3, 0.4) is 0 Å². The van der Waals surface area contributed by atoms with Crippen LogP contribution in [0, 0.1) is 0 Å². The van der Waals surface area contributed by atoms with E-state index >= 15 is 0 Å². The molecule has 39 heavy (non-hydrogen) atoms. The van der Waals surface area contributed by atoms with Gasteiger partial charge in [-0.25, -0.2) is 0 Å². The number of nitrogens with one attached hydrogen (secondary N) is 1. The molecule has 1 aliphatic heterocycles. The van der Waals surface area contributed by atoms with Gasteiger partial charge in [0.05, 0.1) is 25.9 Å². The molecule has 6 nitrogen and oxygen atoms in total. The van der Waals surface area contributed by atoms with Crippen LogP contribution in [-0.4, -0.2) is 30.0 Å². The fraction of sp³-hybridized carbons (Fsp3) is 0.219. The Morgan fingerprint density at radius 3 is 2.31 bits per heavy atom. The summed E-state index contributed by atoms with van der Waals surface area (Å²) in [4.78, 5) is 13.6. The minimum absolute atomic E-state index is 0.00285. The molecule has 4 aromatic rings. The van der Waals surface area contributed by atoms with Crippen molar-refractivity contribution in [2.45, 2.75) is 36.4 Å². The van der Waals surface area contributed by atoms with Crippen LogP contribution in [0.1, 0.15) is 45.9 Å². The van der Waals surface area contributed by atoms with Crippen molar-refractivity contribution < 1.29 is 24.1 Å². The predicted octanol–water partition coefficient (Wildman–Crippen LogP) is 6.78. The largest absolute Gasteiger partial charge is 0.496 e. The van der Waals surface area contributed by atoms with Crippen LogP contribution in [-0.2, 0) is 16.1 Å². The van der Waals surface area contributed by atoms with Crippen LogP contribution >= 0.6 is 11.8 Å². The Labute approximate surface area is 232 Å². The van der Waals surface area contributed by atoms with E-state index in [1.165, 1.54) is 0 Å². The summed E-state index contributed by atoms with van der Waals surface area (Å²) in [6.07, 6.45) is -0.109. The molecule has 200 valence electrons. The second-order valence-corrected chi connectivity index (χ2v) is 10.3. The second-order valence-electron chi connectivity index (χ2n) is 9.25. The minimum Gasteiger partial charge on any atom is -0.496 e. The second kappa shape index (κ2) is 13.0. The number of hydrogen-bond acceptors (Lipinski definition) is 6. The summed E-state index contributed by atoms with van der Waals surface area (Å²) in [5.74, 6) is 1.42. The molecule has 1 fully saturated rings. The third-order valence-corrected chi connectivity index (χ3v) is 7.77. The van der Waals surface area contributed by atoms with Crippen molar-refractivity contribution in [1.82, 2.24) is 0 Å². The Morgan fingerprint density at radius 1 is 0.897 bits per heavy atom. The number of para-hydroxylation sites is 1. The van der Waals surface area contributed by atoms with Gasteiger partial charge in [0.2, 0.25) is 0 Å². The lowest BCUT2D eigenvalue weighted by molar-refractivity contribution is -0.245. The first-order chi connectivity index (χ1) is 19.1. The van der Waals surface area contributed by atoms with E-state index in [1.54, 1.807) is 31.0 Å². The van der Waals surface area contributed by atoms with Crippen LogP contribution in [0.15, 0.2) is 108 Å². The number of anilines is 1. The number of carbonyl (C=O) groups excluding carboxylic acids is 1. The third kappa shape index (κ3) is 6.88. The van der Waals surface area contributed by atoms with Crippen LogP contribution < -0.4 is 10.1 Å². The number of ether oxygens (including phenoxy) is 3. The van der Waals surface area contributed by atoms with E-state index in [0.29, 0.717) is 17.7 Å². The van der Waals surface area contributed by atoms with E-state index in [-0.39, 0.29) is 24.7 Å². The van der Waals surface area contributed by atoms with Crippen LogP contribution in [0.2, 0.25) is 0 Å². The van der Waals surface area contributed by atoms with Gasteiger partial charge in [0.1, 0.15) is 5.75 Å². The van der Waals surface area contributed by atoms with Crippen LogP contribution in [0.4, 0.5) is 5.69 Å². The summed E-state index contributed by atoms with van der Waals surface area (Å²) >= 11 is 1.70. The van der Waals surface area contributed by atoms with Gasteiger partial charge in [-0.15, -0.1) is 11.8 Å². The van der Waals surface area contributed by atoms with Gasteiger partial charge in [-0.05, 0) is 47.5 Å². The van der Waals surface area contributed by atoms with Crippen molar-refractivity contribution in [3.8, 4) is 5.75 Å². The van der Waals surface area contributed by atoms with Crippen LogP contribution in [0.5, 0.6) is 5.75 Å². The van der Waals surface area contributed by atoms with E-state index in [1.807, 2.05) is 91.0 Å². The highest BCUT2D eigenvalue weighted by molar-refractivity contribution is 7.99. The Hall–Kier alpha value is -3.62. The standard InChI is InChI=1S/C32H31NO5S/c1-36-28-9-5-6-10-30(28)39-21-27-19-29(23-13-11-22(20-34)12-14-23)38-32(37-27)25-15-17-26(18-16-25)33-31(35)24-7-3-2-4-8-24/h2-18,27,29,32,34H,19-21H2,1H3,(H,33,35)/t27-,29+,32+/m1/s1. The topological polar surface area (TPSA) is 77.0 Å². The van der Waals surface area contributed by atoms with Gasteiger partial charge >= 0.3 is 0 Å². The average molecular weight is 542 g/mol. The SMILES string of the molecule is COc1ccccc1SC[C@H]1C[C@@H](c2ccc(CO)cc2)O[C@@H](c2ccc(NC(=O)c3ccccc3)cc2)O1. The molecule has 0 spiro atoms. The summed E-state index contributed by atoms with van der Waals surface area (Å²) in [5, 5.41) is 12.4. The van der Waals surface area contributed by atoms with Gasteiger partial charge < -0.3 is 24.6 Å². The molecule has 3 atom stereocenters. The molecule has 0 saturated carbocycles. The van der Waals surface area contributed by atoms with Crippen molar-refractivity contribution in [3.05, 3.63) is 125 Å². The molecule has 1 amide bonds. The third-order valence-electron chi connectivity index (χ3n) is 6.59. The Kier molecular flexibility index (Phi) is 8.96. The summed E-state index contributed by atoms with van der Waals surface area (Å²) in [6.45, 7) is 0.00285. The van der Waals surface area contributed by atoms with E-state index in [0.717, 1.165) is 33.1 Å². The maximum absolute atomic E-state index is 12.5. The van der Waals surface area contributed by atoms with Crippen LogP contribution in [0.25, 0.3) is 0 Å². The molecule has 7 heteroatoms. The monoisotopic (exact) mass is 541 g/mol. The number of benzene rings is 4. The lowest BCUT2D eigenvalue weighted by Crippen LogP contribution is -2.31. The Balaban J connectivity index is 1.32. The molecule has 1 saturated heterocycles. The quantitative estimate of drug-likeness (QED) is 0.228. The normalized spacial score (nSPS) is 18.9. The maximum atomic E-state index is 12.5. The zero-order valence-electron chi connectivity index (χ0n) is 21.7. The van der Waals surface area contributed by atoms with Crippen molar-refractivity contribution in [3.63, 3.8) is 0 Å². The molecule has 0 aromatic heterocycles. The summed E-state index contributed by atoms with van der Waals surface area (Å²) < 4.78 is 18.4. The van der Waals surface area contributed by atoms with Gasteiger partial charge in [0.25, 0.3) is 5.91 Å². The molecule has 0 radical (unpaired) electrons. The number of carbonyl (C=O) groups is 1. The molecule has 4 aromatic carbocycles. The smallest absolute Gasteiger partial charge is 0.255 e. The molecule has 2 N–H and O–H groups in total. The molecule has 5 rings (SSSR count). The zero-order chi connectivity index (χ0) is 27.0. The highest BCUT2D eigenvalue weighted by Gasteiger charge is 2.32. The molecule has 0 bridgehead atoms. The van der Waals surface area contributed by atoms with Gasteiger partial charge in [0, 0.05) is 33.9 Å². The van der Waals surface area contributed by atoms with Gasteiger partial charge in [0.15, 0.2) is 6.29 Å². The number of amides is 1. The minimum atomic E-state index is -0.566. The average Bonchev–Trinajstić information content (AvgIpc) is 3.01. The van der Waals surface area contributed by atoms with E-state index < -0.39 is 6.29 Å². The maximum Gasteiger partial charge on any atom is 0.255 e. The molecule has 1 aliphatic rings. The lowest BCUT2D eigenvalue weighted by Gasteiger charge is -2.36. The molecule has 0 unspecified atom stereocenters. The first kappa shape index (κ1) is 27.0. The zero-order valence-corrected chi connectivity index (χ0v) is 22.5. The first-order valence-electron chi connectivity index (χ1n) is 12.9. The van der Waals surface area contributed by atoms with Crippen molar-refractivity contribution in [2.75, 3.05) is 18.2 Å². The highest BCUT2D eigenvalue weighted by Crippen LogP contribution is 2.40. The summed E-state index contributed by atoms with van der Waals surface area (Å²) in [7, 11) is 1.68. The van der Waals surface area contributed by atoms with E-state index in [4.69, 9.17) is 14.2 Å². The fourth-order valence-electron chi connectivity index (χ4n) is 4.46. The molecular formula is C32H31NO5S. The number of hydrogen-bond donors (Lipinski definition) is 2. The predicted molar refractivity (Wildman–Crippen MR) is 153 cm³/mol. The van der Waals surface area contributed by atoms with Gasteiger partial charge in [-0.1, -0.05) is 66.7 Å². The first-order valence-corrected chi connectivity index (χ1v) is 13.8. The lowest BCUT2D eigenvalue weighted by atomic mass is 10.0. The summed E-state index contributed by atoms with van der Waals surface area (Å²) in [5.41, 5.74) is 4.07. The fourth-order valence-corrected chi connectivity index (χ4v) is 5.51. The Morgan fingerprint density at radius 2 is 1.59 bits per heavy atom. The number of aliphatic hydroxyl groups is 1. The van der Waals surface area contributed by atoms with Gasteiger partial charge in [-0.3, -0.25) is 4.79 Å².